The predicted molar refractivity (Wildman–Crippen MR) is 106 cm³/mol. The predicted octanol–water partition coefficient (Wildman–Crippen LogP) is -0.674. The van der Waals surface area contributed by atoms with E-state index in [1.54, 1.807) is 0 Å². The van der Waals surface area contributed by atoms with Gasteiger partial charge in [-0.15, -0.1) is 0 Å². The molecule has 10 atom stereocenters. The summed E-state index contributed by atoms with van der Waals surface area (Å²) < 4.78 is 0. The summed E-state index contributed by atoms with van der Waals surface area (Å²) in [4.78, 5) is 24.6. The van der Waals surface area contributed by atoms with E-state index in [1.165, 1.54) is 0 Å². The van der Waals surface area contributed by atoms with E-state index in [1.807, 2.05) is 0 Å². The molecule has 6 heteroatoms. The van der Waals surface area contributed by atoms with Crippen LogP contribution in [-0.2, 0) is 9.59 Å². The molecule has 0 amide bonds. The summed E-state index contributed by atoms with van der Waals surface area (Å²) >= 11 is 0. The smallest absolute Gasteiger partial charge is 0.550 e. The third-order valence-corrected chi connectivity index (χ3v) is 10.1. The number of aliphatic hydroxyl groups is 2. The van der Waals surface area contributed by atoms with Gasteiger partial charge in [0.05, 0.1) is 12.2 Å². The Hall–Kier alpha value is 0.0600. The second kappa shape index (κ2) is 8.78. The van der Waals surface area contributed by atoms with Gasteiger partial charge in [-0.25, -0.2) is 0 Å². The van der Waals surface area contributed by atoms with Crippen LogP contribution in [0.25, 0.3) is 0 Å². The number of carboxylic acids is 1. The van der Waals surface area contributed by atoms with E-state index in [0.717, 1.165) is 38.5 Å². The first kappa shape index (κ1) is 24.7. The summed E-state index contributed by atoms with van der Waals surface area (Å²) in [6.45, 7) is 6.49. The van der Waals surface area contributed by atoms with Crippen molar-refractivity contribution in [1.29, 1.82) is 0 Å². The number of Topliss-reactive ketones (excluding diaryl/α,β-unsaturated/α-hetero) is 1. The summed E-state index contributed by atoms with van der Waals surface area (Å²) in [5.41, 5.74) is -0.427. The van der Waals surface area contributed by atoms with Gasteiger partial charge in [-0.2, -0.15) is 0 Å². The van der Waals surface area contributed by atoms with Crippen LogP contribution in [-0.4, -0.2) is 34.2 Å². The minimum Gasteiger partial charge on any atom is -0.550 e. The third kappa shape index (κ3) is 3.75. The van der Waals surface area contributed by atoms with Crippen molar-refractivity contribution in [2.75, 3.05) is 0 Å². The van der Waals surface area contributed by atoms with Crippen LogP contribution in [0.15, 0.2) is 0 Å². The van der Waals surface area contributed by atoms with E-state index in [2.05, 4.69) is 20.8 Å². The number of fused-ring (bicyclic) bond motifs is 5. The molecule has 4 aliphatic carbocycles. The average Bonchev–Trinajstić information content (AvgIpc) is 3.01. The molecule has 0 spiro atoms. The third-order valence-electron chi connectivity index (χ3n) is 10.1. The molecule has 6 unspecified atom stereocenters. The van der Waals surface area contributed by atoms with E-state index in [-0.39, 0.29) is 77.1 Å². The van der Waals surface area contributed by atoms with Gasteiger partial charge in [0, 0.05) is 17.8 Å². The van der Waals surface area contributed by atoms with Gasteiger partial charge >= 0.3 is 29.6 Å². The number of hydrogen-bond acceptors (Lipinski definition) is 5. The van der Waals surface area contributed by atoms with Crippen LogP contribution >= 0.6 is 0 Å². The fourth-order valence-electron chi connectivity index (χ4n) is 8.41. The number of aliphatic carboxylic acids is 1. The molecule has 0 aliphatic heterocycles. The number of carboxylic acid groups (broad SMARTS) is 1. The van der Waals surface area contributed by atoms with Gasteiger partial charge in [-0.3, -0.25) is 4.79 Å². The van der Waals surface area contributed by atoms with Crippen LogP contribution < -0.4 is 34.7 Å². The molecule has 0 aromatic carbocycles. The second-order valence-corrected chi connectivity index (χ2v) is 11.2. The molecular weight excluding hydrogens is 391 g/mol. The number of carbonyl (C=O) groups is 2. The summed E-state index contributed by atoms with van der Waals surface area (Å²) in [5.74, 6) is 0.477. The molecule has 0 heterocycles. The normalized spacial score (nSPS) is 48.7. The van der Waals surface area contributed by atoms with Gasteiger partial charge in [0.1, 0.15) is 5.78 Å². The maximum atomic E-state index is 13.6. The monoisotopic (exact) mass is 428 g/mol. The second-order valence-electron chi connectivity index (χ2n) is 11.2. The first-order chi connectivity index (χ1) is 13.6. The Morgan fingerprint density at radius 2 is 1.87 bits per heavy atom. The van der Waals surface area contributed by atoms with Gasteiger partial charge < -0.3 is 20.1 Å². The van der Waals surface area contributed by atoms with Gasteiger partial charge in [-0.05, 0) is 92.3 Å². The van der Waals surface area contributed by atoms with E-state index < -0.39 is 17.5 Å². The topological polar surface area (TPSA) is 97.7 Å². The molecule has 164 valence electrons. The Morgan fingerprint density at radius 1 is 1.17 bits per heavy atom. The van der Waals surface area contributed by atoms with Gasteiger partial charge in [0.15, 0.2) is 0 Å². The maximum absolute atomic E-state index is 13.6. The zero-order valence-corrected chi connectivity index (χ0v) is 21.1. The molecule has 0 bridgehead atoms. The number of carbonyl (C=O) groups excluding carboxylic acids is 2. The van der Waals surface area contributed by atoms with Crippen molar-refractivity contribution in [2.45, 2.75) is 90.8 Å². The Bertz CT molecular complexity index is 683. The maximum Gasteiger partial charge on any atom is 1.00 e. The number of ketones is 1. The zero-order valence-electron chi connectivity index (χ0n) is 19.1. The summed E-state index contributed by atoms with van der Waals surface area (Å²) in [6, 6.07) is 0. The van der Waals surface area contributed by atoms with Crippen molar-refractivity contribution < 1.29 is 54.5 Å². The molecule has 4 aliphatic rings. The zero-order chi connectivity index (χ0) is 21.1. The number of hydrogen-bond donors (Lipinski definition) is 2. The van der Waals surface area contributed by atoms with Crippen LogP contribution in [0.3, 0.4) is 0 Å². The summed E-state index contributed by atoms with van der Waals surface area (Å²) in [6.07, 6.45) is 5.55. The number of aliphatic hydroxyl groups excluding tert-OH is 2. The fraction of sp³-hybridized carbons (Fsp3) is 0.917. The van der Waals surface area contributed by atoms with E-state index >= 15 is 0 Å². The van der Waals surface area contributed by atoms with Crippen LogP contribution in [0.2, 0.25) is 0 Å². The van der Waals surface area contributed by atoms with E-state index in [9.17, 15) is 24.9 Å². The first-order valence-electron chi connectivity index (χ1n) is 11.7. The molecule has 4 fully saturated rings. The van der Waals surface area contributed by atoms with Crippen molar-refractivity contribution in [3.63, 3.8) is 0 Å². The van der Waals surface area contributed by atoms with E-state index in [0.29, 0.717) is 24.5 Å². The minimum atomic E-state index is -1.02. The Morgan fingerprint density at radius 3 is 2.53 bits per heavy atom. The molecule has 0 aromatic rings. The average molecular weight is 429 g/mol. The van der Waals surface area contributed by atoms with Crippen molar-refractivity contribution in [2.24, 2.45) is 46.3 Å². The van der Waals surface area contributed by atoms with Crippen LogP contribution in [0, 0.1) is 46.3 Å². The summed E-state index contributed by atoms with van der Waals surface area (Å²) in [5, 5.41) is 32.3. The Balaban J connectivity index is 0.00000256. The quantitative estimate of drug-likeness (QED) is 0.579. The minimum absolute atomic E-state index is 0. The molecule has 5 nitrogen and oxygen atoms in total. The fourth-order valence-corrected chi connectivity index (χ4v) is 8.41. The van der Waals surface area contributed by atoms with Crippen LogP contribution in [0.1, 0.15) is 78.6 Å². The van der Waals surface area contributed by atoms with Gasteiger partial charge in [-0.1, -0.05) is 20.8 Å². The van der Waals surface area contributed by atoms with Crippen molar-refractivity contribution >= 4 is 11.8 Å². The molecule has 0 radical (unpaired) electrons. The molecule has 0 aromatic heterocycles. The molecule has 0 saturated heterocycles. The van der Waals surface area contributed by atoms with Crippen LogP contribution in [0.4, 0.5) is 0 Å². The molecule has 30 heavy (non-hydrogen) atoms. The van der Waals surface area contributed by atoms with Crippen molar-refractivity contribution in [3.8, 4) is 0 Å². The van der Waals surface area contributed by atoms with Crippen LogP contribution in [0.5, 0.6) is 0 Å². The standard InChI is InChI=1S/C24H38O5.Na/c1-13(4-7-21(28)29)16-5-6-17-22-18(12-20(27)24(16,17)3)23(2)9-8-15(25)10-14(23)11-19(22)26;/h13-19,22,25-26H,4-12H2,1-3H3,(H,28,29);/q;+1/p-1/t13-,14?,15?,16-,17?,18?,19?,22?,23+,24-;/m1./s1. The molecule has 4 rings (SSSR count). The largest absolute Gasteiger partial charge is 1.00 e. The van der Waals surface area contributed by atoms with Crippen molar-refractivity contribution in [1.82, 2.24) is 0 Å². The Labute approximate surface area is 202 Å². The summed E-state index contributed by atoms with van der Waals surface area (Å²) in [7, 11) is 0. The molecular formula is C24H37NaO5. The van der Waals surface area contributed by atoms with Gasteiger partial charge in [0.2, 0.25) is 0 Å². The van der Waals surface area contributed by atoms with E-state index in [4.69, 9.17) is 0 Å². The first-order valence-corrected chi connectivity index (χ1v) is 11.7. The molecule has 2 N–H and O–H groups in total. The Kier molecular flexibility index (Phi) is 7.23. The van der Waals surface area contributed by atoms with Gasteiger partial charge in [0.25, 0.3) is 0 Å². The number of rotatable bonds is 4. The van der Waals surface area contributed by atoms with Crippen molar-refractivity contribution in [3.05, 3.63) is 0 Å². The SMILES string of the molecule is C[C@H](CCC(=O)[O-])[C@H]1CCC2C3C(O)CC4CC(O)CC[C@]4(C)C3CC(=O)[C@@]21C.[Na+]. The molecule has 4 saturated carbocycles.